The van der Waals surface area contributed by atoms with Crippen LogP contribution in [0.25, 0.3) is 0 Å². The average Bonchev–Trinajstić information content (AvgIpc) is 2.41. The molecule has 0 aliphatic carbocycles. The van der Waals surface area contributed by atoms with E-state index in [1.807, 2.05) is 26.0 Å². The highest BCUT2D eigenvalue weighted by Crippen LogP contribution is 2.37. The second-order valence-corrected chi connectivity index (χ2v) is 5.42. The van der Waals surface area contributed by atoms with Crippen molar-refractivity contribution < 1.29 is 9.47 Å². The Kier molecular flexibility index (Phi) is 4.25. The molecule has 3 nitrogen and oxygen atoms in total. The molecular formula is C16H23NO2. The lowest BCUT2D eigenvalue weighted by Gasteiger charge is -2.40. The van der Waals surface area contributed by atoms with Gasteiger partial charge in [0.05, 0.1) is 13.2 Å². The fourth-order valence-electron chi connectivity index (χ4n) is 2.63. The average molecular weight is 261 g/mol. The Balaban J connectivity index is 2.33. The Morgan fingerprint density at radius 3 is 2.58 bits per heavy atom. The minimum atomic E-state index is -0.332. The summed E-state index contributed by atoms with van der Waals surface area (Å²) in [6.45, 7) is 7.04. The van der Waals surface area contributed by atoms with Crippen LogP contribution in [0.1, 0.15) is 39.2 Å². The summed E-state index contributed by atoms with van der Waals surface area (Å²) in [5.74, 6) is 0.870. The first kappa shape index (κ1) is 14.1. The molecule has 2 rings (SSSR count). The molecule has 0 amide bonds. The molecule has 0 bridgehead atoms. The first-order valence-electron chi connectivity index (χ1n) is 6.86. The zero-order valence-electron chi connectivity index (χ0n) is 12.3. The molecule has 0 spiro atoms. The van der Waals surface area contributed by atoms with Crippen molar-refractivity contribution in [1.82, 2.24) is 0 Å². The van der Waals surface area contributed by atoms with E-state index in [1.54, 1.807) is 7.11 Å². The fraction of sp³-hybridized carbons (Fsp3) is 0.562. The van der Waals surface area contributed by atoms with E-state index in [0.29, 0.717) is 0 Å². The summed E-state index contributed by atoms with van der Waals surface area (Å²) in [7, 11) is 1.68. The molecule has 1 heterocycles. The molecule has 0 radical (unpaired) electrons. The van der Waals surface area contributed by atoms with Gasteiger partial charge in [-0.2, -0.15) is 0 Å². The fourth-order valence-corrected chi connectivity index (χ4v) is 2.63. The van der Waals surface area contributed by atoms with Crippen molar-refractivity contribution in [2.45, 2.75) is 45.3 Å². The van der Waals surface area contributed by atoms with Gasteiger partial charge >= 0.3 is 0 Å². The molecule has 0 N–H and O–H groups in total. The number of benzene rings is 1. The second-order valence-electron chi connectivity index (χ2n) is 5.42. The number of aliphatic imine (C=N–C) groups is 1. The highest BCUT2D eigenvalue weighted by Gasteiger charge is 2.39. The normalized spacial score (nSPS) is 26.8. The van der Waals surface area contributed by atoms with Gasteiger partial charge in [-0.05, 0) is 51.3 Å². The molecule has 19 heavy (non-hydrogen) atoms. The topological polar surface area (TPSA) is 30.8 Å². The van der Waals surface area contributed by atoms with E-state index < -0.39 is 0 Å². The van der Waals surface area contributed by atoms with Crippen molar-refractivity contribution in [3.63, 3.8) is 0 Å². The Morgan fingerprint density at radius 2 is 2.00 bits per heavy atom. The maximum atomic E-state index is 6.09. The minimum absolute atomic E-state index is 0.194. The van der Waals surface area contributed by atoms with Gasteiger partial charge in [-0.1, -0.05) is 12.1 Å². The van der Waals surface area contributed by atoms with Crippen molar-refractivity contribution in [2.75, 3.05) is 13.7 Å². The van der Waals surface area contributed by atoms with E-state index in [2.05, 4.69) is 19.1 Å². The third-order valence-corrected chi connectivity index (χ3v) is 3.74. The van der Waals surface area contributed by atoms with Crippen molar-refractivity contribution >= 4 is 5.71 Å². The molecule has 1 saturated heterocycles. The second kappa shape index (κ2) is 5.74. The summed E-state index contributed by atoms with van der Waals surface area (Å²) in [6.07, 6.45) is 2.15. The van der Waals surface area contributed by atoms with Crippen LogP contribution in [0.3, 0.4) is 0 Å². The van der Waals surface area contributed by atoms with Gasteiger partial charge in [0.25, 0.3) is 0 Å². The first-order chi connectivity index (χ1) is 9.06. The van der Waals surface area contributed by atoms with Crippen LogP contribution in [0.15, 0.2) is 29.3 Å². The molecule has 1 fully saturated rings. The maximum Gasteiger partial charge on any atom is 0.118 e. The summed E-state index contributed by atoms with van der Waals surface area (Å²) >= 11 is 0. The zero-order valence-corrected chi connectivity index (χ0v) is 12.3. The van der Waals surface area contributed by atoms with Gasteiger partial charge in [0.15, 0.2) is 0 Å². The van der Waals surface area contributed by atoms with Crippen LogP contribution in [0.5, 0.6) is 5.75 Å². The SMILES string of the molecule is COc1ccc(C2(C)OCCCC2N=C(C)C)cc1. The van der Waals surface area contributed by atoms with Crippen LogP contribution in [-0.2, 0) is 10.3 Å². The maximum absolute atomic E-state index is 6.09. The summed E-state index contributed by atoms with van der Waals surface area (Å²) in [5, 5.41) is 0. The summed E-state index contributed by atoms with van der Waals surface area (Å²) in [5.41, 5.74) is 1.94. The van der Waals surface area contributed by atoms with Crippen molar-refractivity contribution in [3.05, 3.63) is 29.8 Å². The lowest BCUT2D eigenvalue weighted by atomic mass is 9.83. The molecule has 3 heteroatoms. The highest BCUT2D eigenvalue weighted by atomic mass is 16.5. The third-order valence-electron chi connectivity index (χ3n) is 3.74. The molecule has 1 aromatic rings. The molecule has 0 saturated carbocycles. The van der Waals surface area contributed by atoms with Crippen LogP contribution >= 0.6 is 0 Å². The van der Waals surface area contributed by atoms with E-state index in [0.717, 1.165) is 30.9 Å². The van der Waals surface area contributed by atoms with Crippen LogP contribution in [0, 0.1) is 0 Å². The Morgan fingerprint density at radius 1 is 1.32 bits per heavy atom. The Bertz CT molecular complexity index is 448. The minimum Gasteiger partial charge on any atom is -0.497 e. The monoisotopic (exact) mass is 261 g/mol. The molecule has 1 aliphatic heterocycles. The summed E-state index contributed by atoms with van der Waals surface area (Å²) in [4.78, 5) is 4.77. The predicted molar refractivity (Wildman–Crippen MR) is 78.1 cm³/mol. The van der Waals surface area contributed by atoms with Gasteiger partial charge in [-0.3, -0.25) is 4.99 Å². The van der Waals surface area contributed by atoms with Gasteiger partial charge < -0.3 is 9.47 Å². The molecule has 0 aromatic heterocycles. The number of methoxy groups -OCH3 is 1. The lowest BCUT2D eigenvalue weighted by Crippen LogP contribution is -2.42. The summed E-state index contributed by atoms with van der Waals surface area (Å²) in [6, 6.07) is 8.32. The van der Waals surface area contributed by atoms with Crippen LogP contribution < -0.4 is 4.74 Å². The van der Waals surface area contributed by atoms with E-state index in [-0.39, 0.29) is 11.6 Å². The molecule has 104 valence electrons. The number of hydrogen-bond acceptors (Lipinski definition) is 3. The number of hydrogen-bond donors (Lipinski definition) is 0. The van der Waals surface area contributed by atoms with E-state index in [4.69, 9.17) is 14.5 Å². The first-order valence-corrected chi connectivity index (χ1v) is 6.86. The van der Waals surface area contributed by atoms with Gasteiger partial charge in [0.2, 0.25) is 0 Å². The van der Waals surface area contributed by atoms with Crippen LogP contribution in [0.4, 0.5) is 0 Å². The molecular weight excluding hydrogens is 238 g/mol. The largest absolute Gasteiger partial charge is 0.497 e. The van der Waals surface area contributed by atoms with Gasteiger partial charge in [-0.25, -0.2) is 0 Å². The smallest absolute Gasteiger partial charge is 0.118 e. The zero-order chi connectivity index (χ0) is 13.9. The Hall–Kier alpha value is -1.35. The molecule has 2 unspecified atom stereocenters. The summed E-state index contributed by atoms with van der Waals surface area (Å²) < 4.78 is 11.3. The van der Waals surface area contributed by atoms with E-state index in [1.165, 1.54) is 5.56 Å². The van der Waals surface area contributed by atoms with Crippen LogP contribution in [0.2, 0.25) is 0 Å². The van der Waals surface area contributed by atoms with Crippen molar-refractivity contribution in [3.8, 4) is 5.75 Å². The van der Waals surface area contributed by atoms with Crippen molar-refractivity contribution in [2.24, 2.45) is 4.99 Å². The Labute approximate surface area is 115 Å². The van der Waals surface area contributed by atoms with Crippen molar-refractivity contribution in [1.29, 1.82) is 0 Å². The predicted octanol–water partition coefficient (Wildman–Crippen LogP) is 3.57. The molecule has 1 aromatic carbocycles. The lowest BCUT2D eigenvalue weighted by molar-refractivity contribution is -0.0836. The number of rotatable bonds is 3. The number of nitrogens with zero attached hydrogens (tertiary/aromatic N) is 1. The van der Waals surface area contributed by atoms with E-state index in [9.17, 15) is 0 Å². The molecule has 1 aliphatic rings. The highest BCUT2D eigenvalue weighted by molar-refractivity contribution is 5.79. The van der Waals surface area contributed by atoms with Gasteiger partial charge in [-0.15, -0.1) is 0 Å². The molecule has 2 atom stereocenters. The third kappa shape index (κ3) is 2.98. The number of ether oxygens (including phenoxy) is 2. The van der Waals surface area contributed by atoms with Crippen LogP contribution in [-0.4, -0.2) is 25.5 Å². The van der Waals surface area contributed by atoms with Gasteiger partial charge in [0.1, 0.15) is 11.4 Å². The van der Waals surface area contributed by atoms with Gasteiger partial charge in [0, 0.05) is 12.3 Å². The van der Waals surface area contributed by atoms with E-state index >= 15 is 0 Å². The standard InChI is InChI=1S/C16H23NO2/c1-12(2)17-15-6-5-11-19-16(15,3)13-7-9-14(18-4)10-8-13/h7-10,15H,5-6,11H2,1-4H3. The quantitative estimate of drug-likeness (QED) is 0.779.